The number of rotatable bonds is 1. The van der Waals surface area contributed by atoms with Crippen molar-refractivity contribution in [1.82, 2.24) is 0 Å². The van der Waals surface area contributed by atoms with Gasteiger partial charge in [0.25, 0.3) is 0 Å². The summed E-state index contributed by atoms with van der Waals surface area (Å²) in [5, 5.41) is 19.8. The number of hydrogen-bond donors (Lipinski definition) is 1. The van der Waals surface area contributed by atoms with Gasteiger partial charge in [0.05, 0.1) is 40.7 Å². The molecule has 1 aromatic rings. The van der Waals surface area contributed by atoms with Gasteiger partial charge in [-0.15, -0.1) is 0 Å². The van der Waals surface area contributed by atoms with Crippen molar-refractivity contribution in [2.24, 2.45) is 11.8 Å². The average Bonchev–Trinajstić information content (AvgIpc) is 3.13. The van der Waals surface area contributed by atoms with Crippen LogP contribution in [0, 0.1) is 23.2 Å². The van der Waals surface area contributed by atoms with Crippen molar-refractivity contribution in [2.45, 2.75) is 55.9 Å². The monoisotopic (exact) mass is 408 g/mol. The number of fused-ring (bicyclic) bond motifs is 2. The Morgan fingerprint density at radius 2 is 2.14 bits per heavy atom. The molecule has 29 heavy (non-hydrogen) atoms. The van der Waals surface area contributed by atoms with Crippen LogP contribution in [0.5, 0.6) is 0 Å². The summed E-state index contributed by atoms with van der Waals surface area (Å²) in [5.74, 6) is -1.42. The summed E-state index contributed by atoms with van der Waals surface area (Å²) < 4.78 is 52.5. The van der Waals surface area contributed by atoms with Crippen molar-refractivity contribution in [2.75, 3.05) is 11.5 Å². The highest BCUT2D eigenvalue weighted by Crippen LogP contribution is 2.64. The highest BCUT2D eigenvalue weighted by atomic mass is 19.4. The number of anilines is 1. The van der Waals surface area contributed by atoms with Gasteiger partial charge in [-0.25, -0.2) is 0 Å². The van der Waals surface area contributed by atoms with E-state index in [1.54, 1.807) is 13.0 Å². The first-order valence-corrected chi connectivity index (χ1v) is 9.57. The zero-order valence-corrected chi connectivity index (χ0v) is 15.6. The lowest BCUT2D eigenvalue weighted by molar-refractivity contribution is -0.138. The largest absolute Gasteiger partial charge is 0.417 e. The maximum Gasteiger partial charge on any atom is 0.417 e. The maximum atomic E-state index is 13.5. The van der Waals surface area contributed by atoms with Crippen LogP contribution < -0.4 is 4.90 Å². The Kier molecular flexibility index (Phi) is 3.72. The predicted molar refractivity (Wildman–Crippen MR) is 92.4 cm³/mol. The molecule has 154 valence electrons. The molecule has 4 fully saturated rings. The molecule has 2 bridgehead atoms. The Morgan fingerprint density at radius 1 is 1.38 bits per heavy atom. The van der Waals surface area contributed by atoms with Gasteiger partial charge in [0.15, 0.2) is 0 Å². The number of benzene rings is 1. The minimum absolute atomic E-state index is 0.0373. The Balaban J connectivity index is 1.64. The molecule has 9 heteroatoms. The molecular weight excluding hydrogens is 389 g/mol. The summed E-state index contributed by atoms with van der Waals surface area (Å²) in [7, 11) is 0. The van der Waals surface area contributed by atoms with Gasteiger partial charge in [0.2, 0.25) is 5.91 Å². The second-order valence-electron chi connectivity index (χ2n) is 8.51. The summed E-state index contributed by atoms with van der Waals surface area (Å²) in [5.41, 5.74) is -3.36. The maximum absolute atomic E-state index is 13.5. The molecule has 5 rings (SSSR count). The molecule has 1 N–H and O–H groups in total. The molecule has 4 aliphatic rings. The minimum Gasteiger partial charge on any atom is -0.390 e. The van der Waals surface area contributed by atoms with E-state index in [4.69, 9.17) is 14.7 Å². The van der Waals surface area contributed by atoms with Crippen LogP contribution in [-0.2, 0) is 20.4 Å². The lowest BCUT2D eigenvalue weighted by Gasteiger charge is -2.37. The van der Waals surface area contributed by atoms with Gasteiger partial charge in [0.1, 0.15) is 11.8 Å². The molecule has 6 nitrogen and oxygen atoms in total. The Morgan fingerprint density at radius 3 is 2.83 bits per heavy atom. The molecule has 0 aliphatic carbocycles. The zero-order chi connectivity index (χ0) is 20.8. The highest BCUT2D eigenvalue weighted by molar-refractivity contribution is 6.00. The van der Waals surface area contributed by atoms with Crippen molar-refractivity contribution in [3.63, 3.8) is 0 Å². The molecule has 1 spiro atoms. The number of aliphatic hydroxyl groups excluding tert-OH is 1. The molecule has 0 radical (unpaired) electrons. The van der Waals surface area contributed by atoms with Gasteiger partial charge in [-0.1, -0.05) is 0 Å². The lowest BCUT2D eigenvalue weighted by Crippen LogP contribution is -2.51. The number of ether oxygens (including phenoxy) is 2. The summed E-state index contributed by atoms with van der Waals surface area (Å²) in [6.07, 6.45) is -4.84. The molecule has 1 amide bonds. The van der Waals surface area contributed by atoms with Crippen LogP contribution in [0.4, 0.5) is 18.9 Å². The van der Waals surface area contributed by atoms with Crippen LogP contribution in [0.1, 0.15) is 37.3 Å². The standard InChI is InChI=1S/C20H19F3N2O4/c1-18-8-13(26)19(29-18)5-2-6-28-17-15(19)14(18)16(27)25(17)11-4-3-10(9-24)12(7-11)20(21,22)23/h3-4,7,13-15,17,26H,2,5-6,8H2,1H3/t13-,14+,15?,17-,18+,19-/m0/s1. The first-order valence-electron chi connectivity index (χ1n) is 9.57. The summed E-state index contributed by atoms with van der Waals surface area (Å²) in [6, 6.07) is 4.80. The first-order chi connectivity index (χ1) is 13.6. The number of amides is 1. The van der Waals surface area contributed by atoms with E-state index in [0.29, 0.717) is 25.9 Å². The lowest BCUT2D eigenvalue weighted by atomic mass is 9.65. The van der Waals surface area contributed by atoms with Crippen molar-refractivity contribution < 1.29 is 32.5 Å². The van der Waals surface area contributed by atoms with Crippen LogP contribution >= 0.6 is 0 Å². The van der Waals surface area contributed by atoms with Gasteiger partial charge in [0, 0.05) is 18.7 Å². The first kappa shape index (κ1) is 18.9. The number of aliphatic hydroxyl groups is 1. The van der Waals surface area contributed by atoms with Crippen molar-refractivity contribution in [3.8, 4) is 6.07 Å². The van der Waals surface area contributed by atoms with Crippen LogP contribution in [0.2, 0.25) is 0 Å². The molecule has 1 unspecified atom stereocenters. The topological polar surface area (TPSA) is 82.8 Å². The third-order valence-corrected chi connectivity index (χ3v) is 6.94. The molecule has 0 saturated carbocycles. The molecule has 4 aliphatic heterocycles. The van der Waals surface area contributed by atoms with E-state index in [2.05, 4.69) is 0 Å². The zero-order valence-electron chi connectivity index (χ0n) is 15.6. The number of nitrogens with zero attached hydrogens (tertiary/aromatic N) is 2. The number of nitriles is 1. The summed E-state index contributed by atoms with van der Waals surface area (Å²) in [6.45, 7) is 2.09. The molecule has 0 aromatic heterocycles. The summed E-state index contributed by atoms with van der Waals surface area (Å²) >= 11 is 0. The van der Waals surface area contributed by atoms with Crippen molar-refractivity contribution in [1.29, 1.82) is 5.26 Å². The quantitative estimate of drug-likeness (QED) is 0.773. The third kappa shape index (κ3) is 2.31. The van der Waals surface area contributed by atoms with E-state index in [1.807, 2.05) is 0 Å². The van der Waals surface area contributed by atoms with Crippen molar-refractivity contribution >= 4 is 11.6 Å². The van der Waals surface area contributed by atoms with Gasteiger partial charge in [-0.3, -0.25) is 9.69 Å². The molecule has 6 atom stereocenters. The van der Waals surface area contributed by atoms with E-state index < -0.39 is 52.7 Å². The van der Waals surface area contributed by atoms with Gasteiger partial charge in [-0.05, 0) is 38.0 Å². The number of alkyl halides is 3. The number of halogens is 3. The van der Waals surface area contributed by atoms with Gasteiger partial charge >= 0.3 is 6.18 Å². The van der Waals surface area contributed by atoms with E-state index in [-0.39, 0.29) is 11.6 Å². The van der Waals surface area contributed by atoms with Gasteiger partial charge in [-0.2, -0.15) is 18.4 Å². The van der Waals surface area contributed by atoms with E-state index >= 15 is 0 Å². The normalized spacial score (nSPS) is 40.7. The Labute approximate surface area is 164 Å². The number of carbonyl (C=O) groups is 1. The summed E-state index contributed by atoms with van der Waals surface area (Å²) in [4.78, 5) is 14.7. The minimum atomic E-state index is -4.73. The van der Waals surface area contributed by atoms with Crippen LogP contribution in [0.3, 0.4) is 0 Å². The van der Waals surface area contributed by atoms with Crippen LogP contribution in [0.25, 0.3) is 0 Å². The molecule has 1 aromatic carbocycles. The fraction of sp³-hybridized carbons (Fsp3) is 0.600. The smallest absolute Gasteiger partial charge is 0.390 e. The molecule has 4 heterocycles. The van der Waals surface area contributed by atoms with E-state index in [1.165, 1.54) is 11.0 Å². The fourth-order valence-corrected chi connectivity index (χ4v) is 5.90. The molecular formula is C20H19F3N2O4. The fourth-order valence-electron chi connectivity index (χ4n) is 5.90. The second kappa shape index (κ2) is 5.72. The van der Waals surface area contributed by atoms with Crippen molar-refractivity contribution in [3.05, 3.63) is 29.3 Å². The highest BCUT2D eigenvalue weighted by Gasteiger charge is 2.77. The molecule has 4 saturated heterocycles. The van der Waals surface area contributed by atoms with Crippen LogP contribution in [0.15, 0.2) is 18.2 Å². The number of carbonyl (C=O) groups excluding carboxylic acids is 1. The third-order valence-electron chi connectivity index (χ3n) is 6.94. The van der Waals surface area contributed by atoms with Crippen LogP contribution in [-0.4, -0.2) is 41.2 Å². The SMILES string of the molecule is C[C@@]12C[C@H](O)[C@]3(CCCO[C@H]4C3[C@@H]1C(=O)N4c1ccc(C#N)c(C(F)(F)F)c1)O2. The number of hydrogen-bond acceptors (Lipinski definition) is 5. The predicted octanol–water partition coefficient (Wildman–Crippen LogP) is 2.58. The van der Waals surface area contributed by atoms with Gasteiger partial charge < -0.3 is 14.6 Å². The Bertz CT molecular complexity index is 945. The Hall–Kier alpha value is -2.15. The van der Waals surface area contributed by atoms with E-state index in [9.17, 15) is 23.1 Å². The van der Waals surface area contributed by atoms with E-state index in [0.717, 1.165) is 12.1 Å². The average molecular weight is 408 g/mol. The second-order valence-corrected chi connectivity index (χ2v) is 8.51.